The van der Waals surface area contributed by atoms with Crippen molar-refractivity contribution < 1.29 is 14.2 Å². The molecule has 0 unspecified atom stereocenters. The van der Waals surface area contributed by atoms with Gasteiger partial charge in [-0.2, -0.15) is 5.26 Å². The molecule has 0 aliphatic heterocycles. The van der Waals surface area contributed by atoms with E-state index < -0.39 is 0 Å². The lowest BCUT2D eigenvalue weighted by Gasteiger charge is -2.13. The van der Waals surface area contributed by atoms with Crippen molar-refractivity contribution in [3.05, 3.63) is 70.5 Å². The van der Waals surface area contributed by atoms with Crippen molar-refractivity contribution in [3.63, 3.8) is 0 Å². The average molecular weight is 429 g/mol. The molecule has 6 heteroatoms. The number of benzene rings is 3. The van der Waals surface area contributed by atoms with Gasteiger partial charge in [-0.3, -0.25) is 0 Å². The molecular weight excluding hydrogens is 408 g/mol. The zero-order chi connectivity index (χ0) is 21.8. The maximum atomic E-state index is 9.81. The summed E-state index contributed by atoms with van der Waals surface area (Å²) >= 11 is 1.44. The van der Waals surface area contributed by atoms with Crippen LogP contribution in [0.1, 0.15) is 10.6 Å². The Balaban J connectivity index is 1.76. The number of hydrogen-bond donors (Lipinski definition) is 0. The van der Waals surface area contributed by atoms with E-state index in [1.807, 2.05) is 23.6 Å². The van der Waals surface area contributed by atoms with E-state index in [9.17, 15) is 5.26 Å². The third-order valence-corrected chi connectivity index (χ3v) is 5.79. The van der Waals surface area contributed by atoms with E-state index >= 15 is 0 Å². The van der Waals surface area contributed by atoms with Gasteiger partial charge >= 0.3 is 0 Å². The zero-order valence-electron chi connectivity index (χ0n) is 17.4. The number of methoxy groups -OCH3 is 3. The molecule has 154 valence electrons. The number of nitriles is 1. The molecule has 1 heterocycles. The summed E-state index contributed by atoms with van der Waals surface area (Å²) in [5, 5.41) is 14.7. The van der Waals surface area contributed by atoms with Gasteiger partial charge in [0, 0.05) is 10.9 Å². The van der Waals surface area contributed by atoms with Crippen LogP contribution in [-0.4, -0.2) is 26.3 Å². The second-order valence-electron chi connectivity index (χ2n) is 6.69. The highest BCUT2D eigenvalue weighted by Gasteiger charge is 2.15. The normalized spacial score (nSPS) is 11.2. The SMILES string of the molecule is COc1cc(/C=C(\C#N)c2nc(-c3cccc4ccccc34)cs2)cc(OC)c1OC. The first-order valence-corrected chi connectivity index (χ1v) is 10.4. The molecule has 3 aromatic carbocycles. The van der Waals surface area contributed by atoms with Gasteiger partial charge in [-0.05, 0) is 34.5 Å². The lowest BCUT2D eigenvalue weighted by Crippen LogP contribution is -1.95. The van der Waals surface area contributed by atoms with Crippen LogP contribution in [0.15, 0.2) is 60.0 Å². The molecule has 0 N–H and O–H groups in total. The number of ether oxygens (including phenoxy) is 3. The summed E-state index contributed by atoms with van der Waals surface area (Å²) in [6, 6.07) is 20.2. The predicted octanol–water partition coefficient (Wildman–Crippen LogP) is 6.05. The fourth-order valence-corrected chi connectivity index (χ4v) is 4.25. The van der Waals surface area contributed by atoms with E-state index in [0.29, 0.717) is 27.8 Å². The van der Waals surface area contributed by atoms with Crippen LogP contribution < -0.4 is 14.2 Å². The van der Waals surface area contributed by atoms with Crippen LogP contribution in [0.4, 0.5) is 0 Å². The lowest BCUT2D eigenvalue weighted by atomic mass is 10.0. The Morgan fingerprint density at radius 1 is 0.968 bits per heavy atom. The molecule has 4 aromatic rings. The average Bonchev–Trinajstić information content (AvgIpc) is 3.31. The second-order valence-corrected chi connectivity index (χ2v) is 7.55. The first kappa shape index (κ1) is 20.5. The number of nitrogens with zero attached hydrogens (tertiary/aromatic N) is 2. The Morgan fingerprint density at radius 2 is 1.68 bits per heavy atom. The Labute approximate surface area is 184 Å². The van der Waals surface area contributed by atoms with Gasteiger partial charge in [-0.25, -0.2) is 4.98 Å². The second kappa shape index (κ2) is 8.90. The highest BCUT2D eigenvalue weighted by atomic mass is 32.1. The highest BCUT2D eigenvalue weighted by Crippen LogP contribution is 2.39. The summed E-state index contributed by atoms with van der Waals surface area (Å²) in [5.74, 6) is 1.56. The van der Waals surface area contributed by atoms with Gasteiger partial charge in [0.05, 0.1) is 32.6 Å². The van der Waals surface area contributed by atoms with Crippen molar-refractivity contribution in [2.75, 3.05) is 21.3 Å². The van der Waals surface area contributed by atoms with Crippen LogP contribution in [-0.2, 0) is 0 Å². The van der Waals surface area contributed by atoms with E-state index in [0.717, 1.165) is 27.6 Å². The standard InChI is InChI=1S/C25H20N2O3S/c1-28-22-12-16(13-23(29-2)24(22)30-3)11-18(14-26)25-27-21(15-31-25)20-10-6-8-17-7-4-5-9-19(17)20/h4-13,15H,1-3H3/b18-11+. The van der Waals surface area contributed by atoms with Crippen LogP contribution >= 0.6 is 11.3 Å². The van der Waals surface area contributed by atoms with Crippen LogP contribution in [0.3, 0.4) is 0 Å². The molecule has 0 saturated heterocycles. The molecular formula is C25H20N2O3S. The molecule has 0 aliphatic carbocycles. The van der Waals surface area contributed by atoms with Crippen LogP contribution in [0.2, 0.25) is 0 Å². The molecule has 0 atom stereocenters. The monoisotopic (exact) mass is 428 g/mol. The fraction of sp³-hybridized carbons (Fsp3) is 0.120. The third kappa shape index (κ3) is 3.96. The molecule has 0 saturated carbocycles. The van der Waals surface area contributed by atoms with Gasteiger partial charge in [-0.1, -0.05) is 42.5 Å². The van der Waals surface area contributed by atoms with Crippen LogP contribution in [0.5, 0.6) is 17.2 Å². The van der Waals surface area contributed by atoms with Crippen LogP contribution in [0, 0.1) is 11.3 Å². The van der Waals surface area contributed by atoms with Gasteiger partial charge in [0.2, 0.25) is 5.75 Å². The topological polar surface area (TPSA) is 64.4 Å². The molecule has 0 radical (unpaired) electrons. The number of fused-ring (bicyclic) bond motifs is 1. The fourth-order valence-electron chi connectivity index (χ4n) is 3.46. The van der Waals surface area contributed by atoms with E-state index in [1.165, 1.54) is 11.3 Å². The third-order valence-electron chi connectivity index (χ3n) is 4.92. The lowest BCUT2D eigenvalue weighted by molar-refractivity contribution is 0.324. The Bertz CT molecular complexity index is 1290. The maximum absolute atomic E-state index is 9.81. The van der Waals surface area contributed by atoms with Gasteiger partial charge in [-0.15, -0.1) is 11.3 Å². The maximum Gasteiger partial charge on any atom is 0.203 e. The quantitative estimate of drug-likeness (QED) is 0.350. The number of hydrogen-bond acceptors (Lipinski definition) is 6. The Morgan fingerprint density at radius 3 is 2.35 bits per heavy atom. The van der Waals surface area contributed by atoms with E-state index in [2.05, 4.69) is 30.3 Å². The van der Waals surface area contributed by atoms with Gasteiger partial charge < -0.3 is 14.2 Å². The predicted molar refractivity (Wildman–Crippen MR) is 125 cm³/mol. The molecule has 4 rings (SSSR count). The van der Waals surface area contributed by atoms with Crippen molar-refractivity contribution >= 4 is 33.8 Å². The van der Waals surface area contributed by atoms with Gasteiger partial charge in [0.25, 0.3) is 0 Å². The van der Waals surface area contributed by atoms with E-state index in [-0.39, 0.29) is 0 Å². The minimum absolute atomic E-state index is 0.464. The van der Waals surface area contributed by atoms with E-state index in [1.54, 1.807) is 39.5 Å². The molecule has 0 aliphatic rings. The number of allylic oxidation sites excluding steroid dienone is 1. The van der Waals surface area contributed by atoms with Crippen molar-refractivity contribution in [1.29, 1.82) is 5.26 Å². The number of thiazole rings is 1. The summed E-state index contributed by atoms with van der Waals surface area (Å²) in [5.41, 5.74) is 3.12. The first-order chi connectivity index (χ1) is 15.2. The smallest absolute Gasteiger partial charge is 0.203 e. The molecule has 0 bridgehead atoms. The van der Waals surface area contributed by atoms with Crippen molar-refractivity contribution in [1.82, 2.24) is 4.98 Å². The zero-order valence-corrected chi connectivity index (χ0v) is 18.2. The summed E-state index contributed by atoms with van der Waals surface area (Å²) in [6.07, 6.45) is 1.77. The molecule has 31 heavy (non-hydrogen) atoms. The Kier molecular flexibility index (Phi) is 5.87. The van der Waals surface area contributed by atoms with Gasteiger partial charge in [0.1, 0.15) is 11.1 Å². The summed E-state index contributed by atoms with van der Waals surface area (Å²) in [7, 11) is 4.68. The minimum Gasteiger partial charge on any atom is -0.493 e. The molecule has 0 fully saturated rings. The van der Waals surface area contributed by atoms with Crippen LogP contribution in [0.25, 0.3) is 33.7 Å². The summed E-state index contributed by atoms with van der Waals surface area (Å²) in [4.78, 5) is 4.76. The van der Waals surface area contributed by atoms with Crippen molar-refractivity contribution in [2.45, 2.75) is 0 Å². The minimum atomic E-state index is 0.464. The molecule has 0 amide bonds. The Hall–Kier alpha value is -3.82. The number of rotatable bonds is 6. The van der Waals surface area contributed by atoms with Gasteiger partial charge in [0.15, 0.2) is 11.5 Å². The molecule has 1 aromatic heterocycles. The summed E-state index contributed by atoms with van der Waals surface area (Å²) < 4.78 is 16.2. The van der Waals surface area contributed by atoms with E-state index in [4.69, 9.17) is 19.2 Å². The summed E-state index contributed by atoms with van der Waals surface area (Å²) in [6.45, 7) is 0. The largest absolute Gasteiger partial charge is 0.493 e. The molecule has 0 spiro atoms. The van der Waals surface area contributed by atoms with Crippen molar-refractivity contribution in [2.24, 2.45) is 0 Å². The number of aromatic nitrogens is 1. The molecule has 5 nitrogen and oxygen atoms in total. The van der Waals surface area contributed by atoms with Crippen molar-refractivity contribution in [3.8, 4) is 34.6 Å². The first-order valence-electron chi connectivity index (χ1n) is 9.54. The highest BCUT2D eigenvalue weighted by molar-refractivity contribution is 7.11.